The number of nitrogens with zero attached hydrogens (tertiary/aromatic N) is 1. The number of nitrogens with two attached hydrogens (primary N) is 1. The number of piperidine rings is 1. The number of rotatable bonds is 6. The van der Waals surface area contributed by atoms with Gasteiger partial charge in [-0.05, 0) is 31.4 Å². The maximum Gasteiger partial charge on any atom is 0.349 e. The fourth-order valence-electron chi connectivity index (χ4n) is 3.42. The number of ether oxygens (including phenoxy) is 2. The molecule has 3 rings (SSSR count). The Labute approximate surface area is 165 Å². The molecule has 1 fully saturated rings. The van der Waals surface area contributed by atoms with Gasteiger partial charge in [0.15, 0.2) is 6.61 Å². The maximum absolute atomic E-state index is 14.2. The number of esters is 1. The van der Waals surface area contributed by atoms with Crippen LogP contribution in [0.5, 0.6) is 0 Å². The van der Waals surface area contributed by atoms with Gasteiger partial charge in [0, 0.05) is 29.3 Å². The third-order valence-corrected chi connectivity index (χ3v) is 5.89. The molecule has 0 spiro atoms. The second-order valence-electron chi connectivity index (χ2n) is 6.53. The van der Waals surface area contributed by atoms with Gasteiger partial charge in [-0.3, -0.25) is 9.59 Å². The number of carbonyl (C=O) groups is 3. The van der Waals surface area contributed by atoms with Crippen molar-refractivity contribution >= 4 is 39.2 Å². The third-order valence-electron chi connectivity index (χ3n) is 4.72. The molecule has 9 heteroatoms. The lowest BCUT2D eigenvalue weighted by Gasteiger charge is -2.33. The van der Waals surface area contributed by atoms with E-state index < -0.39 is 36.2 Å². The molecular formula is C19H21FN2O5S. The van der Waals surface area contributed by atoms with Crippen molar-refractivity contribution in [2.24, 2.45) is 5.73 Å². The summed E-state index contributed by atoms with van der Waals surface area (Å²) in [6.07, 6.45) is 2.07. The number of likely N-dealkylation sites (tertiary alicyclic amines) is 1. The average molecular weight is 408 g/mol. The van der Waals surface area contributed by atoms with Crippen LogP contribution in [0.3, 0.4) is 0 Å². The molecule has 0 bridgehead atoms. The third kappa shape index (κ3) is 4.00. The zero-order valence-electron chi connectivity index (χ0n) is 15.4. The van der Waals surface area contributed by atoms with Crippen LogP contribution < -0.4 is 5.73 Å². The molecule has 1 aromatic carbocycles. The molecule has 150 valence electrons. The Morgan fingerprint density at radius 3 is 2.82 bits per heavy atom. The molecule has 2 amide bonds. The van der Waals surface area contributed by atoms with Gasteiger partial charge in [-0.2, -0.15) is 0 Å². The zero-order valence-corrected chi connectivity index (χ0v) is 16.2. The molecule has 1 saturated heterocycles. The van der Waals surface area contributed by atoms with E-state index >= 15 is 0 Å². The molecule has 1 aliphatic heterocycles. The predicted molar refractivity (Wildman–Crippen MR) is 101 cm³/mol. The van der Waals surface area contributed by atoms with Crippen LogP contribution in [0.15, 0.2) is 18.2 Å². The van der Waals surface area contributed by atoms with E-state index in [-0.39, 0.29) is 11.5 Å². The first-order valence-electron chi connectivity index (χ1n) is 8.88. The minimum absolute atomic E-state index is 0.0369. The zero-order chi connectivity index (χ0) is 20.3. The molecule has 2 aromatic rings. The topological polar surface area (TPSA) is 98.9 Å². The van der Waals surface area contributed by atoms with Crippen LogP contribution in [0, 0.1) is 5.82 Å². The van der Waals surface area contributed by atoms with E-state index in [0.29, 0.717) is 28.6 Å². The highest BCUT2D eigenvalue weighted by Crippen LogP contribution is 2.34. The summed E-state index contributed by atoms with van der Waals surface area (Å²) < 4.78 is 25.1. The van der Waals surface area contributed by atoms with E-state index in [1.54, 1.807) is 12.1 Å². The summed E-state index contributed by atoms with van der Waals surface area (Å²) in [6, 6.07) is 3.90. The normalized spacial score (nSPS) is 16.9. The van der Waals surface area contributed by atoms with Gasteiger partial charge in [-0.15, -0.1) is 11.3 Å². The van der Waals surface area contributed by atoms with E-state index in [1.807, 2.05) is 0 Å². The largest absolute Gasteiger partial charge is 0.451 e. The number of fused-ring (bicyclic) bond motifs is 1. The molecule has 1 aromatic heterocycles. The van der Waals surface area contributed by atoms with Gasteiger partial charge in [-0.1, -0.05) is 6.07 Å². The first-order chi connectivity index (χ1) is 13.4. The molecule has 0 aliphatic carbocycles. The van der Waals surface area contributed by atoms with Crippen molar-refractivity contribution in [1.29, 1.82) is 0 Å². The van der Waals surface area contributed by atoms with E-state index in [0.717, 1.165) is 24.2 Å². The highest BCUT2D eigenvalue weighted by atomic mass is 32.1. The number of amides is 2. The molecule has 28 heavy (non-hydrogen) atoms. The molecule has 0 unspecified atom stereocenters. The second kappa shape index (κ2) is 8.66. The van der Waals surface area contributed by atoms with Crippen molar-refractivity contribution < 1.29 is 28.2 Å². The van der Waals surface area contributed by atoms with E-state index in [9.17, 15) is 18.8 Å². The number of methoxy groups -OCH3 is 1. The number of thiophene rings is 1. The second-order valence-corrected chi connectivity index (χ2v) is 7.59. The number of halogens is 1. The summed E-state index contributed by atoms with van der Waals surface area (Å²) in [6.45, 7) is -0.0754. The lowest BCUT2D eigenvalue weighted by molar-refractivity contribution is -0.143. The number of carbonyl (C=O) groups excluding carboxylic acids is 3. The SMILES string of the molecule is COCc1c(C(=O)OCC(=O)N2CCCC[C@@H]2C(N)=O)sc2cccc(F)c12. The van der Waals surface area contributed by atoms with Crippen LogP contribution >= 0.6 is 11.3 Å². The van der Waals surface area contributed by atoms with Gasteiger partial charge in [-0.25, -0.2) is 9.18 Å². The van der Waals surface area contributed by atoms with Crippen molar-refractivity contribution in [1.82, 2.24) is 4.90 Å². The standard InChI is InChI=1S/C19H21FN2O5S/c1-26-9-11-16-12(20)5-4-7-14(16)28-17(11)19(25)27-10-15(23)22-8-3-2-6-13(22)18(21)24/h4-5,7,13H,2-3,6,8-10H2,1H3,(H2,21,24)/t13-/m1/s1. The van der Waals surface area contributed by atoms with Gasteiger partial charge in [0.2, 0.25) is 5.91 Å². The Morgan fingerprint density at radius 1 is 1.32 bits per heavy atom. The van der Waals surface area contributed by atoms with E-state index in [2.05, 4.69) is 0 Å². The van der Waals surface area contributed by atoms with Gasteiger partial charge in [0.25, 0.3) is 5.91 Å². The monoisotopic (exact) mass is 408 g/mol. The molecule has 2 N–H and O–H groups in total. The molecule has 2 heterocycles. The van der Waals surface area contributed by atoms with Crippen LogP contribution in [0.25, 0.3) is 10.1 Å². The molecule has 0 radical (unpaired) electrons. The highest BCUT2D eigenvalue weighted by Gasteiger charge is 2.31. The first kappa shape index (κ1) is 20.2. The Kier molecular flexibility index (Phi) is 6.25. The molecule has 7 nitrogen and oxygen atoms in total. The Bertz CT molecular complexity index is 913. The average Bonchev–Trinajstić information content (AvgIpc) is 3.06. The fourth-order valence-corrected chi connectivity index (χ4v) is 4.53. The van der Waals surface area contributed by atoms with Crippen molar-refractivity contribution in [2.45, 2.75) is 31.9 Å². The number of primary amides is 1. The summed E-state index contributed by atoms with van der Waals surface area (Å²) in [5.74, 6) is -2.22. The van der Waals surface area contributed by atoms with Crippen molar-refractivity contribution in [3.05, 3.63) is 34.5 Å². The lowest BCUT2D eigenvalue weighted by atomic mass is 10.0. The van der Waals surface area contributed by atoms with Gasteiger partial charge in [0.05, 0.1) is 6.61 Å². The van der Waals surface area contributed by atoms with Crippen LogP contribution in [0.1, 0.15) is 34.5 Å². The fraction of sp³-hybridized carbons (Fsp3) is 0.421. The molecule has 1 atom stereocenters. The quantitative estimate of drug-likeness (QED) is 0.739. The minimum atomic E-state index is -0.728. The molecule has 1 aliphatic rings. The number of benzene rings is 1. The molecule has 0 saturated carbocycles. The van der Waals surface area contributed by atoms with Gasteiger partial charge >= 0.3 is 5.97 Å². The van der Waals surface area contributed by atoms with Crippen molar-refractivity contribution in [2.75, 3.05) is 20.3 Å². The first-order valence-corrected chi connectivity index (χ1v) is 9.70. The summed E-state index contributed by atoms with van der Waals surface area (Å²) in [4.78, 5) is 38.1. The minimum Gasteiger partial charge on any atom is -0.451 e. The van der Waals surface area contributed by atoms with Crippen LogP contribution in [-0.4, -0.2) is 49.0 Å². The maximum atomic E-state index is 14.2. The summed E-state index contributed by atoms with van der Waals surface area (Å²) in [7, 11) is 1.45. The van der Waals surface area contributed by atoms with Crippen LogP contribution in [0.4, 0.5) is 4.39 Å². The Hall–Kier alpha value is -2.52. The summed E-state index contributed by atoms with van der Waals surface area (Å²) in [5, 5.41) is 0.317. The van der Waals surface area contributed by atoms with E-state index in [1.165, 1.54) is 18.1 Å². The lowest BCUT2D eigenvalue weighted by Crippen LogP contribution is -2.51. The summed E-state index contributed by atoms with van der Waals surface area (Å²) >= 11 is 1.09. The van der Waals surface area contributed by atoms with Gasteiger partial charge in [0.1, 0.15) is 16.7 Å². The molecular weight excluding hydrogens is 387 g/mol. The smallest absolute Gasteiger partial charge is 0.349 e. The Balaban J connectivity index is 1.76. The van der Waals surface area contributed by atoms with Crippen molar-refractivity contribution in [3.63, 3.8) is 0 Å². The highest BCUT2D eigenvalue weighted by molar-refractivity contribution is 7.21. The summed E-state index contributed by atoms with van der Waals surface area (Å²) in [5.41, 5.74) is 5.76. The van der Waals surface area contributed by atoms with Crippen LogP contribution in [0.2, 0.25) is 0 Å². The van der Waals surface area contributed by atoms with E-state index in [4.69, 9.17) is 15.2 Å². The van der Waals surface area contributed by atoms with Crippen LogP contribution in [-0.2, 0) is 25.7 Å². The van der Waals surface area contributed by atoms with Crippen molar-refractivity contribution in [3.8, 4) is 0 Å². The van der Waals surface area contributed by atoms with Gasteiger partial charge < -0.3 is 20.1 Å². The number of hydrogen-bond acceptors (Lipinski definition) is 6. The number of hydrogen-bond donors (Lipinski definition) is 1. The Morgan fingerprint density at radius 2 is 2.11 bits per heavy atom. The predicted octanol–water partition coefficient (Wildman–Crippen LogP) is 2.21.